The van der Waals surface area contributed by atoms with Gasteiger partial charge in [-0.1, -0.05) is 36.0 Å². The predicted octanol–water partition coefficient (Wildman–Crippen LogP) is 4.10. The second kappa shape index (κ2) is 5.71. The van der Waals surface area contributed by atoms with E-state index in [0.717, 1.165) is 38.7 Å². The monoisotopic (exact) mass is 329 g/mol. The summed E-state index contributed by atoms with van der Waals surface area (Å²) in [5.41, 5.74) is 11.8. The Hall–Kier alpha value is -1.91. The fraction of sp³-hybridized carbons (Fsp3) is 0.176. The van der Waals surface area contributed by atoms with Gasteiger partial charge in [0.25, 0.3) is 0 Å². The first kappa shape index (κ1) is 15.0. The van der Waals surface area contributed by atoms with Crippen molar-refractivity contribution < 1.29 is 0 Å². The molecule has 0 unspecified atom stereocenters. The van der Waals surface area contributed by atoms with Crippen LogP contribution in [0.3, 0.4) is 0 Å². The van der Waals surface area contributed by atoms with E-state index in [0.29, 0.717) is 11.4 Å². The average molecular weight is 330 g/mol. The number of hydrogen-bond acceptors (Lipinski definition) is 2. The zero-order chi connectivity index (χ0) is 15.9. The lowest BCUT2D eigenvalue weighted by Crippen LogP contribution is -2.13. The van der Waals surface area contributed by atoms with Gasteiger partial charge in [0.1, 0.15) is 5.65 Å². The molecule has 0 aliphatic heterocycles. The molecule has 0 amide bonds. The lowest BCUT2D eigenvalue weighted by molar-refractivity contribution is 1.06. The van der Waals surface area contributed by atoms with Gasteiger partial charge < -0.3 is 10.1 Å². The molecule has 0 saturated carbocycles. The third kappa shape index (κ3) is 2.60. The van der Waals surface area contributed by atoms with Crippen molar-refractivity contribution >= 4 is 34.5 Å². The molecule has 1 aromatic carbocycles. The molecule has 112 valence electrons. The summed E-state index contributed by atoms with van der Waals surface area (Å²) < 4.78 is 2.06. The number of fused-ring (bicyclic) bond motifs is 1. The van der Waals surface area contributed by atoms with Gasteiger partial charge >= 0.3 is 0 Å². The molecule has 0 atom stereocenters. The zero-order valence-electron chi connectivity index (χ0n) is 12.4. The topological polar surface area (TPSA) is 43.3 Å². The van der Waals surface area contributed by atoms with Crippen molar-refractivity contribution in [3.63, 3.8) is 0 Å². The number of aromatic nitrogens is 2. The molecule has 3 rings (SSSR count). The molecular weight excluding hydrogens is 314 g/mol. The van der Waals surface area contributed by atoms with Crippen LogP contribution in [0.5, 0.6) is 0 Å². The van der Waals surface area contributed by atoms with E-state index in [9.17, 15) is 0 Å². The number of hydrogen-bond donors (Lipinski definition) is 1. The first-order valence-corrected chi connectivity index (χ1v) is 7.77. The molecule has 0 radical (unpaired) electrons. The maximum atomic E-state index is 6.13. The third-order valence-corrected chi connectivity index (χ3v) is 4.29. The number of halogens is 1. The minimum atomic E-state index is 0.454. The smallest absolute Gasteiger partial charge is 0.140 e. The minimum absolute atomic E-state index is 0.454. The zero-order valence-corrected chi connectivity index (χ0v) is 14.0. The van der Waals surface area contributed by atoms with Crippen molar-refractivity contribution in [3.05, 3.63) is 58.4 Å². The summed E-state index contributed by atoms with van der Waals surface area (Å²) in [6, 6.07) is 9.97. The Balaban J connectivity index is 2.29. The molecule has 22 heavy (non-hydrogen) atoms. The van der Waals surface area contributed by atoms with Gasteiger partial charge in [0.2, 0.25) is 0 Å². The van der Waals surface area contributed by atoms with Gasteiger partial charge in [-0.05, 0) is 43.2 Å². The summed E-state index contributed by atoms with van der Waals surface area (Å²) in [4.78, 5) is 5.26. The second-order valence-corrected chi connectivity index (χ2v) is 6.33. The van der Waals surface area contributed by atoms with Crippen LogP contribution in [0.2, 0.25) is 5.02 Å². The van der Waals surface area contributed by atoms with Crippen molar-refractivity contribution in [2.24, 2.45) is 5.73 Å². The molecule has 2 aromatic heterocycles. The van der Waals surface area contributed by atoms with Crippen LogP contribution in [0.15, 0.2) is 36.5 Å². The van der Waals surface area contributed by atoms with Crippen LogP contribution >= 0.6 is 23.8 Å². The molecule has 2 heterocycles. The summed E-state index contributed by atoms with van der Waals surface area (Å²) in [5.74, 6) is 0. The summed E-state index contributed by atoms with van der Waals surface area (Å²) >= 11 is 11.2. The molecule has 0 bridgehead atoms. The third-order valence-electron chi connectivity index (χ3n) is 3.72. The van der Waals surface area contributed by atoms with Crippen LogP contribution in [0.25, 0.3) is 16.9 Å². The first-order valence-electron chi connectivity index (χ1n) is 6.98. The van der Waals surface area contributed by atoms with Crippen LogP contribution in [0.4, 0.5) is 0 Å². The largest absolute Gasteiger partial charge is 0.393 e. The number of benzene rings is 1. The molecule has 0 aliphatic carbocycles. The summed E-state index contributed by atoms with van der Waals surface area (Å²) in [6.45, 7) is 4.03. The number of pyridine rings is 1. The molecular formula is C17H16ClN3S. The number of rotatable bonds is 3. The summed E-state index contributed by atoms with van der Waals surface area (Å²) in [5, 5.41) is 0.750. The van der Waals surface area contributed by atoms with Crippen LogP contribution in [-0.4, -0.2) is 14.4 Å². The molecule has 0 saturated heterocycles. The van der Waals surface area contributed by atoms with E-state index in [1.165, 1.54) is 0 Å². The Morgan fingerprint density at radius 2 is 2.05 bits per heavy atom. The van der Waals surface area contributed by atoms with Gasteiger partial charge in [-0.25, -0.2) is 4.98 Å². The van der Waals surface area contributed by atoms with E-state index >= 15 is 0 Å². The number of thiocarbonyl (C=S) groups is 1. The van der Waals surface area contributed by atoms with E-state index in [-0.39, 0.29) is 0 Å². The molecule has 0 fully saturated rings. The van der Waals surface area contributed by atoms with Crippen molar-refractivity contribution in [2.45, 2.75) is 20.3 Å². The average Bonchev–Trinajstić information content (AvgIpc) is 2.82. The van der Waals surface area contributed by atoms with E-state index in [1.54, 1.807) is 0 Å². The Labute approximate surface area is 139 Å². The summed E-state index contributed by atoms with van der Waals surface area (Å²) in [6.07, 6.45) is 2.51. The summed E-state index contributed by atoms with van der Waals surface area (Å²) in [7, 11) is 0. The van der Waals surface area contributed by atoms with Gasteiger partial charge in [0.05, 0.1) is 16.4 Å². The van der Waals surface area contributed by atoms with Gasteiger partial charge in [0, 0.05) is 23.2 Å². The van der Waals surface area contributed by atoms with Crippen LogP contribution in [0, 0.1) is 13.8 Å². The fourth-order valence-electron chi connectivity index (χ4n) is 2.61. The highest BCUT2D eigenvalue weighted by Gasteiger charge is 2.16. The van der Waals surface area contributed by atoms with Gasteiger partial charge in [-0.3, -0.25) is 0 Å². The Kier molecular flexibility index (Phi) is 3.89. The second-order valence-electron chi connectivity index (χ2n) is 5.40. The highest BCUT2D eigenvalue weighted by atomic mass is 35.5. The quantitative estimate of drug-likeness (QED) is 0.736. The molecule has 5 heteroatoms. The van der Waals surface area contributed by atoms with Gasteiger partial charge in [-0.2, -0.15) is 0 Å². The normalized spacial score (nSPS) is 11.0. The van der Waals surface area contributed by atoms with Crippen LogP contribution < -0.4 is 5.73 Å². The van der Waals surface area contributed by atoms with E-state index in [1.807, 2.05) is 50.4 Å². The van der Waals surface area contributed by atoms with E-state index < -0.39 is 0 Å². The Morgan fingerprint density at radius 3 is 2.73 bits per heavy atom. The highest BCUT2D eigenvalue weighted by molar-refractivity contribution is 7.80. The molecule has 3 aromatic rings. The Morgan fingerprint density at radius 1 is 1.27 bits per heavy atom. The van der Waals surface area contributed by atoms with Crippen LogP contribution in [-0.2, 0) is 6.42 Å². The number of nitrogens with zero attached hydrogens (tertiary/aromatic N) is 2. The van der Waals surface area contributed by atoms with E-state index in [4.69, 9.17) is 34.5 Å². The molecule has 0 aliphatic rings. The lowest BCUT2D eigenvalue weighted by Gasteiger charge is -2.06. The van der Waals surface area contributed by atoms with Crippen molar-refractivity contribution in [2.75, 3.05) is 0 Å². The van der Waals surface area contributed by atoms with Crippen molar-refractivity contribution in [3.8, 4) is 11.3 Å². The number of nitrogens with two attached hydrogens (primary N) is 1. The van der Waals surface area contributed by atoms with Gasteiger partial charge in [-0.15, -0.1) is 0 Å². The van der Waals surface area contributed by atoms with E-state index in [2.05, 4.69) is 4.40 Å². The number of imidazole rings is 1. The lowest BCUT2D eigenvalue weighted by atomic mass is 10.1. The van der Waals surface area contributed by atoms with Crippen molar-refractivity contribution in [1.82, 2.24) is 9.38 Å². The van der Waals surface area contributed by atoms with Crippen LogP contribution in [0.1, 0.15) is 16.8 Å². The maximum Gasteiger partial charge on any atom is 0.140 e. The number of aryl methyl sites for hydroxylation is 2. The minimum Gasteiger partial charge on any atom is -0.393 e. The van der Waals surface area contributed by atoms with Crippen molar-refractivity contribution in [1.29, 1.82) is 0 Å². The predicted molar refractivity (Wildman–Crippen MR) is 95.6 cm³/mol. The molecule has 2 N–H and O–H groups in total. The standard InChI is InChI=1S/C17H16ClN3S/c1-10-4-3-7-21-14(9-15(19)22)16(20-17(10)21)12-5-6-13(18)11(2)8-12/h3-8H,9H2,1-2H3,(H2,19,22). The van der Waals surface area contributed by atoms with Gasteiger partial charge in [0.15, 0.2) is 0 Å². The fourth-order valence-corrected chi connectivity index (χ4v) is 2.86. The maximum absolute atomic E-state index is 6.13. The molecule has 0 spiro atoms. The molecule has 3 nitrogen and oxygen atoms in total. The first-order chi connectivity index (χ1) is 10.5. The SMILES string of the molecule is Cc1cc(-c2nc3c(C)cccn3c2CC(N)=S)ccc1Cl. The highest BCUT2D eigenvalue weighted by Crippen LogP contribution is 2.29. The Bertz CT molecular complexity index is 883.